The van der Waals surface area contributed by atoms with Crippen LogP contribution >= 0.6 is 0 Å². The van der Waals surface area contributed by atoms with Crippen molar-refractivity contribution < 1.29 is 22.4 Å². The lowest BCUT2D eigenvalue weighted by atomic mass is 10.1. The van der Waals surface area contributed by atoms with Gasteiger partial charge in [-0.05, 0) is 43.7 Å². The first kappa shape index (κ1) is 18.6. The van der Waals surface area contributed by atoms with Crippen LogP contribution in [0.4, 0.5) is 23.2 Å². The zero-order valence-corrected chi connectivity index (χ0v) is 14.4. The topological polar surface area (TPSA) is 46.9 Å². The van der Waals surface area contributed by atoms with Crippen LogP contribution in [0.25, 0.3) is 5.69 Å². The Morgan fingerprint density at radius 2 is 1.81 bits per heavy atom. The Kier molecular flexibility index (Phi) is 4.73. The Morgan fingerprint density at radius 3 is 2.48 bits per heavy atom. The number of benzene rings is 2. The van der Waals surface area contributed by atoms with E-state index in [4.69, 9.17) is 0 Å². The molecule has 0 aliphatic heterocycles. The third-order valence-corrected chi connectivity index (χ3v) is 4.13. The fraction of sp³-hybridized carbons (Fsp3) is 0.158. The highest BCUT2D eigenvalue weighted by molar-refractivity contribution is 6.05. The van der Waals surface area contributed by atoms with Crippen LogP contribution in [0.3, 0.4) is 0 Å². The summed E-state index contributed by atoms with van der Waals surface area (Å²) >= 11 is 0. The van der Waals surface area contributed by atoms with Crippen molar-refractivity contribution in [3.63, 3.8) is 0 Å². The molecule has 0 atom stereocenters. The molecule has 4 nitrogen and oxygen atoms in total. The van der Waals surface area contributed by atoms with Crippen LogP contribution in [0.1, 0.15) is 27.2 Å². The van der Waals surface area contributed by atoms with Crippen LogP contribution < -0.4 is 5.32 Å². The third-order valence-electron chi connectivity index (χ3n) is 4.13. The first-order valence-electron chi connectivity index (χ1n) is 7.97. The van der Waals surface area contributed by atoms with Crippen molar-refractivity contribution in [3.8, 4) is 5.69 Å². The number of aryl methyl sites for hydroxylation is 1. The molecule has 2 aromatic carbocycles. The van der Waals surface area contributed by atoms with Crippen molar-refractivity contribution in [1.29, 1.82) is 0 Å². The summed E-state index contributed by atoms with van der Waals surface area (Å²) in [6.07, 6.45) is -3.51. The van der Waals surface area contributed by atoms with Gasteiger partial charge in [-0.25, -0.2) is 9.07 Å². The summed E-state index contributed by atoms with van der Waals surface area (Å²) in [7, 11) is 0. The number of alkyl halides is 3. The summed E-state index contributed by atoms with van der Waals surface area (Å²) < 4.78 is 53.4. The fourth-order valence-corrected chi connectivity index (χ4v) is 2.70. The number of carbonyl (C=O) groups is 1. The monoisotopic (exact) mass is 377 g/mol. The number of amides is 1. The van der Waals surface area contributed by atoms with Crippen LogP contribution in [0.15, 0.2) is 48.7 Å². The smallest absolute Gasteiger partial charge is 0.322 e. The van der Waals surface area contributed by atoms with Crippen molar-refractivity contribution in [2.24, 2.45) is 0 Å². The second-order valence-electron chi connectivity index (χ2n) is 5.99. The van der Waals surface area contributed by atoms with Gasteiger partial charge < -0.3 is 5.32 Å². The molecule has 0 spiro atoms. The molecule has 27 heavy (non-hydrogen) atoms. The highest BCUT2D eigenvalue weighted by Crippen LogP contribution is 2.33. The summed E-state index contributed by atoms with van der Waals surface area (Å²) in [6.45, 7) is 3.58. The van der Waals surface area contributed by atoms with E-state index in [1.54, 1.807) is 11.6 Å². The molecule has 140 valence electrons. The summed E-state index contributed by atoms with van der Waals surface area (Å²) in [6, 6.07) is 9.75. The van der Waals surface area contributed by atoms with Crippen molar-refractivity contribution in [1.82, 2.24) is 9.78 Å². The predicted octanol–water partition coefficient (Wildman–Crippen LogP) is 4.90. The molecule has 1 N–H and O–H groups in total. The Labute approximate surface area is 152 Å². The van der Waals surface area contributed by atoms with Gasteiger partial charge in [0.15, 0.2) is 0 Å². The van der Waals surface area contributed by atoms with E-state index < -0.39 is 23.5 Å². The van der Waals surface area contributed by atoms with E-state index in [-0.39, 0.29) is 11.3 Å². The minimum absolute atomic E-state index is 0.156. The summed E-state index contributed by atoms with van der Waals surface area (Å²) in [5, 5.41) is 6.56. The maximum atomic E-state index is 13.4. The number of aromatic nitrogens is 2. The molecule has 1 amide bonds. The van der Waals surface area contributed by atoms with E-state index in [1.807, 2.05) is 31.2 Å². The maximum Gasteiger partial charge on any atom is 0.419 e. The molecule has 1 aromatic heterocycles. The standard InChI is InChI=1S/C19H15F4N3O/c1-11-5-3-4-6-17(11)26-12(2)14(10-24-26)18(27)25-13-7-8-16(20)15(9-13)19(21,22)23/h3-10H,1-2H3,(H,25,27). The second kappa shape index (κ2) is 6.86. The van der Waals surface area contributed by atoms with E-state index in [1.165, 1.54) is 6.20 Å². The lowest BCUT2D eigenvalue weighted by Gasteiger charge is -2.11. The van der Waals surface area contributed by atoms with Gasteiger partial charge >= 0.3 is 6.18 Å². The third kappa shape index (κ3) is 3.69. The Balaban J connectivity index is 1.89. The molecule has 0 unspecified atom stereocenters. The Hall–Kier alpha value is -3.16. The van der Waals surface area contributed by atoms with Crippen molar-refractivity contribution in [2.75, 3.05) is 5.32 Å². The van der Waals surface area contributed by atoms with Gasteiger partial charge in [-0.1, -0.05) is 18.2 Å². The van der Waals surface area contributed by atoms with E-state index in [2.05, 4.69) is 10.4 Å². The van der Waals surface area contributed by atoms with Crippen molar-refractivity contribution in [3.05, 3.63) is 76.9 Å². The molecule has 3 rings (SSSR count). The minimum atomic E-state index is -4.85. The molecule has 0 fully saturated rings. The van der Waals surface area contributed by atoms with Crippen LogP contribution in [0.5, 0.6) is 0 Å². The zero-order chi connectivity index (χ0) is 19.8. The van der Waals surface area contributed by atoms with Gasteiger partial charge in [-0.2, -0.15) is 18.3 Å². The first-order chi connectivity index (χ1) is 12.7. The number of nitrogens with zero attached hydrogens (tertiary/aromatic N) is 2. The van der Waals surface area contributed by atoms with Gasteiger partial charge in [-0.15, -0.1) is 0 Å². The molecule has 0 aliphatic carbocycles. The van der Waals surface area contributed by atoms with Crippen LogP contribution in [-0.2, 0) is 6.18 Å². The van der Waals surface area contributed by atoms with Crippen LogP contribution in [-0.4, -0.2) is 15.7 Å². The number of hydrogen-bond acceptors (Lipinski definition) is 2. The zero-order valence-electron chi connectivity index (χ0n) is 14.4. The quantitative estimate of drug-likeness (QED) is 0.660. The van der Waals surface area contributed by atoms with Crippen LogP contribution in [0.2, 0.25) is 0 Å². The number of carbonyl (C=O) groups excluding carboxylic acids is 1. The molecule has 0 radical (unpaired) electrons. The number of para-hydroxylation sites is 1. The Morgan fingerprint density at radius 1 is 1.11 bits per heavy atom. The highest BCUT2D eigenvalue weighted by Gasteiger charge is 2.34. The molecular formula is C19H15F4N3O. The first-order valence-corrected chi connectivity index (χ1v) is 7.97. The maximum absolute atomic E-state index is 13.4. The lowest BCUT2D eigenvalue weighted by molar-refractivity contribution is -0.139. The van der Waals surface area contributed by atoms with E-state index in [0.717, 1.165) is 17.3 Å². The molecule has 8 heteroatoms. The summed E-state index contributed by atoms with van der Waals surface area (Å²) in [5.41, 5.74) is 0.875. The van der Waals surface area contributed by atoms with Gasteiger partial charge in [-0.3, -0.25) is 4.79 Å². The minimum Gasteiger partial charge on any atom is -0.322 e. The summed E-state index contributed by atoms with van der Waals surface area (Å²) in [5.74, 6) is -2.03. The predicted molar refractivity (Wildman–Crippen MR) is 92.4 cm³/mol. The number of hydrogen-bond donors (Lipinski definition) is 1. The SMILES string of the molecule is Cc1ccccc1-n1ncc(C(=O)Nc2ccc(F)c(C(F)(F)F)c2)c1C. The molecule has 0 bridgehead atoms. The van der Waals surface area contributed by atoms with Crippen molar-refractivity contribution in [2.45, 2.75) is 20.0 Å². The lowest BCUT2D eigenvalue weighted by Crippen LogP contribution is -2.15. The number of rotatable bonds is 3. The molecule has 0 saturated heterocycles. The van der Waals surface area contributed by atoms with Gasteiger partial charge in [0.25, 0.3) is 5.91 Å². The van der Waals surface area contributed by atoms with Crippen molar-refractivity contribution >= 4 is 11.6 Å². The van der Waals surface area contributed by atoms with Gasteiger partial charge in [0.05, 0.1) is 28.7 Å². The van der Waals surface area contributed by atoms with E-state index in [9.17, 15) is 22.4 Å². The molecule has 0 aliphatic rings. The Bertz CT molecular complexity index is 1010. The number of nitrogens with one attached hydrogen (secondary N) is 1. The van der Waals surface area contributed by atoms with Crippen LogP contribution in [0, 0.1) is 19.7 Å². The average molecular weight is 377 g/mol. The molecule has 3 aromatic rings. The number of halogens is 4. The molecule has 1 heterocycles. The van der Waals surface area contributed by atoms with Gasteiger partial charge in [0.2, 0.25) is 0 Å². The van der Waals surface area contributed by atoms with Gasteiger partial charge in [0, 0.05) is 5.69 Å². The van der Waals surface area contributed by atoms with E-state index >= 15 is 0 Å². The number of anilines is 1. The highest BCUT2D eigenvalue weighted by atomic mass is 19.4. The largest absolute Gasteiger partial charge is 0.419 e. The molecular weight excluding hydrogens is 362 g/mol. The fourth-order valence-electron chi connectivity index (χ4n) is 2.70. The molecule has 0 saturated carbocycles. The average Bonchev–Trinajstić information content (AvgIpc) is 2.97. The normalized spacial score (nSPS) is 11.5. The second-order valence-corrected chi connectivity index (χ2v) is 5.99. The van der Waals surface area contributed by atoms with E-state index in [0.29, 0.717) is 17.8 Å². The summed E-state index contributed by atoms with van der Waals surface area (Å²) in [4.78, 5) is 12.5. The van der Waals surface area contributed by atoms with Gasteiger partial charge in [0.1, 0.15) is 5.82 Å².